The lowest BCUT2D eigenvalue weighted by Crippen LogP contribution is -2.14. The predicted octanol–water partition coefficient (Wildman–Crippen LogP) is 1.28. The first-order valence-corrected chi connectivity index (χ1v) is 4.21. The van der Waals surface area contributed by atoms with E-state index >= 15 is 0 Å². The largest absolute Gasteiger partial charge is 0.497 e. The first kappa shape index (κ1) is 10.4. The summed E-state index contributed by atoms with van der Waals surface area (Å²) < 4.78 is 9.53. The second-order valence-electron chi connectivity index (χ2n) is 2.66. The molecule has 14 heavy (non-hydrogen) atoms. The Morgan fingerprint density at radius 2 is 2.21 bits per heavy atom. The maximum atomic E-state index is 10.8. The van der Waals surface area contributed by atoms with E-state index in [1.54, 1.807) is 7.11 Å². The Labute approximate surface area is 82.8 Å². The molecule has 1 N–H and O–H groups in total. The third-order valence-electron chi connectivity index (χ3n) is 1.73. The fraction of sp³-hybridized carbons (Fsp3) is 0.300. The van der Waals surface area contributed by atoms with Crippen LogP contribution in [0.1, 0.15) is 0 Å². The predicted molar refractivity (Wildman–Crippen MR) is 53.5 cm³/mol. The number of nitrogens with one attached hydrogen (secondary N) is 1. The molecule has 0 bridgehead atoms. The van der Waals surface area contributed by atoms with Crippen molar-refractivity contribution >= 4 is 11.7 Å². The molecule has 0 aliphatic carbocycles. The molecule has 0 unspecified atom stereocenters. The van der Waals surface area contributed by atoms with Gasteiger partial charge in [0.2, 0.25) is 0 Å². The molecule has 0 saturated heterocycles. The van der Waals surface area contributed by atoms with Gasteiger partial charge in [0.05, 0.1) is 14.2 Å². The van der Waals surface area contributed by atoms with Gasteiger partial charge >= 0.3 is 5.97 Å². The van der Waals surface area contributed by atoms with Crippen LogP contribution in [-0.2, 0) is 9.53 Å². The number of carbonyl (C=O) groups is 1. The SMILES string of the molecule is COC(=O)CNc1cccc(OC)c1. The number of ether oxygens (including phenoxy) is 2. The summed E-state index contributed by atoms with van der Waals surface area (Å²) in [5.41, 5.74) is 0.828. The summed E-state index contributed by atoms with van der Waals surface area (Å²) in [7, 11) is 2.95. The maximum absolute atomic E-state index is 10.8. The van der Waals surface area contributed by atoms with Crippen molar-refractivity contribution in [2.75, 3.05) is 26.1 Å². The fourth-order valence-electron chi connectivity index (χ4n) is 0.979. The van der Waals surface area contributed by atoms with Gasteiger partial charge in [0.25, 0.3) is 0 Å². The van der Waals surface area contributed by atoms with Crippen LogP contribution in [0.2, 0.25) is 0 Å². The molecule has 4 heteroatoms. The Hall–Kier alpha value is -1.71. The number of hydrogen-bond acceptors (Lipinski definition) is 4. The number of carbonyl (C=O) groups excluding carboxylic acids is 1. The minimum absolute atomic E-state index is 0.156. The fourth-order valence-corrected chi connectivity index (χ4v) is 0.979. The van der Waals surface area contributed by atoms with E-state index in [2.05, 4.69) is 10.1 Å². The van der Waals surface area contributed by atoms with E-state index < -0.39 is 0 Å². The van der Waals surface area contributed by atoms with Crippen molar-refractivity contribution in [3.63, 3.8) is 0 Å². The molecule has 4 nitrogen and oxygen atoms in total. The molecule has 1 aromatic rings. The first-order chi connectivity index (χ1) is 6.76. The molecule has 0 heterocycles. The van der Waals surface area contributed by atoms with Crippen LogP contribution in [0, 0.1) is 0 Å². The third-order valence-corrected chi connectivity index (χ3v) is 1.73. The van der Waals surface area contributed by atoms with Gasteiger partial charge in [0.1, 0.15) is 12.3 Å². The summed E-state index contributed by atoms with van der Waals surface area (Å²) in [6.45, 7) is 0.156. The number of rotatable bonds is 4. The van der Waals surface area contributed by atoms with Gasteiger partial charge in [-0.2, -0.15) is 0 Å². The quantitative estimate of drug-likeness (QED) is 0.735. The van der Waals surface area contributed by atoms with Crippen LogP contribution >= 0.6 is 0 Å². The summed E-state index contributed by atoms with van der Waals surface area (Å²) in [6.07, 6.45) is 0. The summed E-state index contributed by atoms with van der Waals surface area (Å²) in [5, 5.41) is 2.92. The highest BCUT2D eigenvalue weighted by atomic mass is 16.5. The molecule has 1 rings (SSSR count). The van der Waals surface area contributed by atoms with Crippen molar-refractivity contribution in [2.45, 2.75) is 0 Å². The van der Waals surface area contributed by atoms with Crippen LogP contribution in [0.4, 0.5) is 5.69 Å². The first-order valence-electron chi connectivity index (χ1n) is 4.21. The molecule has 0 aliphatic rings. The highest BCUT2D eigenvalue weighted by molar-refractivity contribution is 5.74. The molecule has 0 atom stereocenters. The van der Waals surface area contributed by atoms with E-state index in [0.29, 0.717) is 0 Å². The lowest BCUT2D eigenvalue weighted by molar-refractivity contribution is -0.138. The van der Waals surface area contributed by atoms with Gasteiger partial charge in [-0.15, -0.1) is 0 Å². The van der Waals surface area contributed by atoms with Crippen LogP contribution in [0.3, 0.4) is 0 Å². The molecule has 0 saturated carbocycles. The van der Waals surface area contributed by atoms with Crippen LogP contribution in [0.5, 0.6) is 5.75 Å². The van der Waals surface area contributed by atoms with Crippen LogP contribution in [0.25, 0.3) is 0 Å². The van der Waals surface area contributed by atoms with Crippen LogP contribution in [-0.4, -0.2) is 26.7 Å². The van der Waals surface area contributed by atoms with Crippen molar-refractivity contribution in [2.24, 2.45) is 0 Å². The van der Waals surface area contributed by atoms with E-state index in [1.165, 1.54) is 7.11 Å². The Bertz CT molecular complexity index is 312. The number of hydrogen-bond donors (Lipinski definition) is 1. The maximum Gasteiger partial charge on any atom is 0.325 e. The zero-order valence-electron chi connectivity index (χ0n) is 8.24. The zero-order chi connectivity index (χ0) is 10.4. The summed E-state index contributed by atoms with van der Waals surface area (Å²) in [6, 6.07) is 7.34. The van der Waals surface area contributed by atoms with Gasteiger partial charge in [-0.25, -0.2) is 0 Å². The Balaban J connectivity index is 2.54. The third kappa shape index (κ3) is 2.97. The van der Waals surface area contributed by atoms with Crippen LogP contribution in [0.15, 0.2) is 24.3 Å². The lowest BCUT2D eigenvalue weighted by atomic mass is 10.3. The number of methoxy groups -OCH3 is 2. The molecule has 76 valence electrons. The van der Waals surface area contributed by atoms with Gasteiger partial charge in [-0.1, -0.05) is 6.07 Å². The molecule has 0 spiro atoms. The lowest BCUT2D eigenvalue weighted by Gasteiger charge is -2.06. The molecule has 0 radical (unpaired) electrons. The monoisotopic (exact) mass is 195 g/mol. The van der Waals surface area contributed by atoms with Crippen LogP contribution < -0.4 is 10.1 Å². The van der Waals surface area contributed by atoms with Gasteiger partial charge in [-0.05, 0) is 12.1 Å². The zero-order valence-corrected chi connectivity index (χ0v) is 8.24. The van der Waals surface area contributed by atoms with Gasteiger partial charge in [-0.3, -0.25) is 4.79 Å². The van der Waals surface area contributed by atoms with Crippen molar-refractivity contribution in [1.29, 1.82) is 0 Å². The van der Waals surface area contributed by atoms with Gasteiger partial charge in [0, 0.05) is 11.8 Å². The summed E-state index contributed by atoms with van der Waals surface area (Å²) in [5.74, 6) is 0.452. The van der Waals surface area contributed by atoms with E-state index in [0.717, 1.165) is 11.4 Å². The Morgan fingerprint density at radius 3 is 2.86 bits per heavy atom. The average Bonchev–Trinajstić information content (AvgIpc) is 2.26. The smallest absolute Gasteiger partial charge is 0.325 e. The normalized spacial score (nSPS) is 9.29. The number of esters is 1. The Morgan fingerprint density at radius 1 is 1.43 bits per heavy atom. The average molecular weight is 195 g/mol. The topological polar surface area (TPSA) is 47.6 Å². The van der Waals surface area contributed by atoms with E-state index in [-0.39, 0.29) is 12.5 Å². The van der Waals surface area contributed by atoms with E-state index in [9.17, 15) is 4.79 Å². The highest BCUT2D eigenvalue weighted by Gasteiger charge is 1.99. The highest BCUT2D eigenvalue weighted by Crippen LogP contribution is 2.16. The van der Waals surface area contributed by atoms with Crippen molar-refractivity contribution < 1.29 is 14.3 Å². The summed E-state index contributed by atoms with van der Waals surface area (Å²) >= 11 is 0. The number of benzene rings is 1. The number of anilines is 1. The second kappa shape index (κ2) is 5.11. The minimum atomic E-state index is -0.298. The molecule has 1 aromatic carbocycles. The molecule has 0 aromatic heterocycles. The standard InChI is InChI=1S/C10H13NO3/c1-13-9-5-3-4-8(6-9)11-7-10(12)14-2/h3-6,11H,7H2,1-2H3. The second-order valence-corrected chi connectivity index (χ2v) is 2.66. The van der Waals surface area contributed by atoms with E-state index in [4.69, 9.17) is 4.74 Å². The summed E-state index contributed by atoms with van der Waals surface area (Å²) in [4.78, 5) is 10.8. The van der Waals surface area contributed by atoms with Crippen molar-refractivity contribution in [1.82, 2.24) is 0 Å². The Kier molecular flexibility index (Phi) is 3.79. The van der Waals surface area contributed by atoms with Crippen molar-refractivity contribution in [3.8, 4) is 5.75 Å². The molecule has 0 fully saturated rings. The molecule has 0 amide bonds. The minimum Gasteiger partial charge on any atom is -0.497 e. The molecule has 0 aliphatic heterocycles. The van der Waals surface area contributed by atoms with Gasteiger partial charge in [0.15, 0.2) is 0 Å². The van der Waals surface area contributed by atoms with Crippen molar-refractivity contribution in [3.05, 3.63) is 24.3 Å². The molecular weight excluding hydrogens is 182 g/mol. The van der Waals surface area contributed by atoms with E-state index in [1.807, 2.05) is 24.3 Å². The van der Waals surface area contributed by atoms with Gasteiger partial charge < -0.3 is 14.8 Å². The molecular formula is C10H13NO3.